The zero-order chi connectivity index (χ0) is 35.9. The first-order chi connectivity index (χ1) is 25.1. The van der Waals surface area contributed by atoms with Crippen LogP contribution in [0.2, 0.25) is 0 Å². The molecule has 43 heavy (non-hydrogen) atoms. The van der Waals surface area contributed by atoms with Gasteiger partial charge in [0.2, 0.25) is 0 Å². The van der Waals surface area contributed by atoms with E-state index >= 15 is 0 Å². The molecule has 1 heterocycles. The van der Waals surface area contributed by atoms with Crippen molar-refractivity contribution in [3.63, 3.8) is 0 Å². The summed E-state index contributed by atoms with van der Waals surface area (Å²) in [6.07, 6.45) is 0. The van der Waals surface area contributed by atoms with Crippen molar-refractivity contribution in [1.82, 2.24) is 0 Å². The minimum absolute atomic E-state index is 0.0333. The van der Waals surface area contributed by atoms with Crippen LogP contribution in [0.3, 0.4) is 0 Å². The molecule has 0 amide bonds. The van der Waals surface area contributed by atoms with Gasteiger partial charge in [-0.15, -0.1) is 0 Å². The molecule has 0 fully saturated rings. The largest absolute Gasteiger partial charge is 0.456 e. The van der Waals surface area contributed by atoms with Crippen molar-refractivity contribution in [1.29, 1.82) is 0 Å². The van der Waals surface area contributed by atoms with E-state index < -0.39 is 24.2 Å². The highest BCUT2D eigenvalue weighted by Gasteiger charge is 2.21. The van der Waals surface area contributed by atoms with Crippen LogP contribution >= 0.6 is 0 Å². The zero-order valence-corrected chi connectivity index (χ0v) is 22.6. The molecule has 0 atom stereocenters. The molecule has 9 aromatic carbocycles. The molecule has 0 unspecified atom stereocenters. The van der Waals surface area contributed by atoms with Crippen LogP contribution in [0.5, 0.6) is 11.5 Å². The standard InChI is InChI=1S/C42H24O/c1-5-26-13-14-28-15-19-34(36-21-16-27(6-1)40(26)42(28)36)30-17-20-33-29(23-30)9-3-10-32(33)31-18-22-38-37(24-31)35-11-2-7-25-8-4-12-39(43-38)41(25)35/h1-24H/i1D,5D,6D,13D,14D,15D,16D,19D,21D. The smallest absolute Gasteiger partial charge is 0.135 e. The monoisotopic (exact) mass is 553 g/mol. The average molecular weight is 554 g/mol. The SMILES string of the molecule is [2H]c1c([2H])c2c([2H])c([2H])c3c([2H])c([2H])c(-c4ccc5c(-c6ccc7c(c6)-c6cccc8cccc(c68)O7)cccc5c4)c4c([2H])c([2H])c(c1[2H])c2c34. The van der Waals surface area contributed by atoms with E-state index in [0.717, 1.165) is 55.3 Å². The molecule has 0 saturated carbocycles. The van der Waals surface area contributed by atoms with Crippen molar-refractivity contribution in [3.8, 4) is 44.9 Å². The predicted molar refractivity (Wildman–Crippen MR) is 182 cm³/mol. The lowest BCUT2D eigenvalue weighted by Gasteiger charge is -2.22. The van der Waals surface area contributed by atoms with E-state index in [1.54, 1.807) is 0 Å². The zero-order valence-electron chi connectivity index (χ0n) is 31.6. The number of fused-ring (bicyclic) bond motifs is 3. The Balaban J connectivity index is 1.22. The molecule has 1 nitrogen and oxygen atoms in total. The lowest BCUT2D eigenvalue weighted by atomic mass is 9.88. The van der Waals surface area contributed by atoms with E-state index in [2.05, 4.69) is 36.4 Å². The van der Waals surface area contributed by atoms with Crippen LogP contribution in [0.25, 0.3) is 87.2 Å². The Labute approximate surface area is 261 Å². The van der Waals surface area contributed by atoms with Crippen molar-refractivity contribution in [2.45, 2.75) is 0 Å². The number of rotatable bonds is 2. The Kier molecular flexibility index (Phi) is 3.16. The summed E-state index contributed by atoms with van der Waals surface area (Å²) < 4.78 is 85.9. The van der Waals surface area contributed by atoms with Gasteiger partial charge in [0.15, 0.2) is 0 Å². The Morgan fingerprint density at radius 1 is 0.395 bits per heavy atom. The van der Waals surface area contributed by atoms with Crippen molar-refractivity contribution in [3.05, 3.63) is 145 Å². The highest BCUT2D eigenvalue weighted by Crippen LogP contribution is 2.48. The summed E-state index contributed by atoms with van der Waals surface area (Å²) in [5.74, 6) is 1.61. The minimum atomic E-state index is -0.488. The van der Waals surface area contributed by atoms with Crippen molar-refractivity contribution < 1.29 is 17.1 Å². The van der Waals surface area contributed by atoms with E-state index in [0.29, 0.717) is 5.56 Å². The first-order valence-corrected chi connectivity index (χ1v) is 14.1. The molecule has 198 valence electrons. The van der Waals surface area contributed by atoms with Gasteiger partial charge in [-0.25, -0.2) is 0 Å². The third kappa shape index (κ3) is 3.22. The van der Waals surface area contributed by atoms with Crippen LogP contribution in [0.1, 0.15) is 12.3 Å². The van der Waals surface area contributed by atoms with Crippen LogP contribution in [0.4, 0.5) is 0 Å². The molecule has 0 aromatic heterocycles. The van der Waals surface area contributed by atoms with Crippen LogP contribution < -0.4 is 4.74 Å². The van der Waals surface area contributed by atoms with Crippen LogP contribution in [0, 0.1) is 0 Å². The number of hydrogen-bond donors (Lipinski definition) is 0. The van der Waals surface area contributed by atoms with E-state index in [1.165, 1.54) is 0 Å². The molecule has 0 bridgehead atoms. The van der Waals surface area contributed by atoms with E-state index in [-0.39, 0.29) is 68.1 Å². The molecule has 0 saturated heterocycles. The highest BCUT2D eigenvalue weighted by molar-refractivity contribution is 6.25. The third-order valence-corrected chi connectivity index (χ3v) is 8.65. The normalized spacial score (nSPS) is 15.3. The van der Waals surface area contributed by atoms with Crippen molar-refractivity contribution >= 4 is 53.9 Å². The molecule has 0 N–H and O–H groups in total. The molecule has 1 heteroatoms. The Bertz CT molecular complexity index is 3070. The molecular weight excluding hydrogens is 520 g/mol. The summed E-state index contributed by atoms with van der Waals surface area (Å²) in [6, 6.07) is 26.8. The average Bonchev–Trinajstić information content (AvgIpc) is 3.15. The van der Waals surface area contributed by atoms with Crippen molar-refractivity contribution in [2.24, 2.45) is 0 Å². The van der Waals surface area contributed by atoms with E-state index in [4.69, 9.17) is 14.3 Å². The van der Waals surface area contributed by atoms with Gasteiger partial charge >= 0.3 is 0 Å². The van der Waals surface area contributed by atoms with Gasteiger partial charge in [0.1, 0.15) is 11.5 Å². The second kappa shape index (κ2) is 8.44. The minimum Gasteiger partial charge on any atom is -0.456 e. The maximum absolute atomic E-state index is 9.19. The molecule has 1 aliphatic heterocycles. The summed E-state index contributed by atoms with van der Waals surface area (Å²) in [6.45, 7) is 0. The fraction of sp³-hybridized carbons (Fsp3) is 0. The van der Waals surface area contributed by atoms with Crippen molar-refractivity contribution in [2.75, 3.05) is 0 Å². The summed E-state index contributed by atoms with van der Waals surface area (Å²) >= 11 is 0. The molecule has 0 radical (unpaired) electrons. The molecule has 10 rings (SSSR count). The number of hydrogen-bond acceptors (Lipinski definition) is 1. The van der Waals surface area contributed by atoms with Gasteiger partial charge in [-0.05, 0) is 101 Å². The fourth-order valence-corrected chi connectivity index (χ4v) is 6.70. The van der Waals surface area contributed by atoms with Gasteiger partial charge in [0, 0.05) is 10.9 Å². The van der Waals surface area contributed by atoms with Gasteiger partial charge in [-0.3, -0.25) is 0 Å². The third-order valence-electron chi connectivity index (χ3n) is 8.65. The first kappa shape index (κ1) is 16.1. The Hall–Kier alpha value is -5.66. The summed E-state index contributed by atoms with van der Waals surface area (Å²) in [7, 11) is 0. The first-order valence-electron chi connectivity index (χ1n) is 18.6. The predicted octanol–water partition coefficient (Wildman–Crippen LogP) is 12.0. The van der Waals surface area contributed by atoms with Gasteiger partial charge in [0.05, 0.1) is 12.3 Å². The molecule has 9 aromatic rings. The molecular formula is C42H24O. The van der Waals surface area contributed by atoms with Gasteiger partial charge in [-0.1, -0.05) is 121 Å². The lowest BCUT2D eigenvalue weighted by Crippen LogP contribution is -1.97. The summed E-state index contributed by atoms with van der Waals surface area (Å²) in [5.41, 5.74) is 4.83. The maximum atomic E-state index is 9.19. The second-order valence-electron chi connectivity index (χ2n) is 11.0. The fourth-order valence-electron chi connectivity index (χ4n) is 6.70. The van der Waals surface area contributed by atoms with E-state index in [9.17, 15) is 2.74 Å². The van der Waals surface area contributed by atoms with Crippen LogP contribution in [-0.2, 0) is 0 Å². The second-order valence-corrected chi connectivity index (χ2v) is 11.0. The quantitative estimate of drug-likeness (QED) is 0.193. The van der Waals surface area contributed by atoms with Crippen LogP contribution in [-0.4, -0.2) is 0 Å². The summed E-state index contributed by atoms with van der Waals surface area (Å²) in [5, 5.41) is 4.31. The number of benzene rings is 9. The number of ether oxygens (including phenoxy) is 1. The van der Waals surface area contributed by atoms with Gasteiger partial charge < -0.3 is 4.74 Å². The Morgan fingerprint density at radius 2 is 1.09 bits per heavy atom. The van der Waals surface area contributed by atoms with Crippen LogP contribution in [0.15, 0.2) is 145 Å². The Morgan fingerprint density at radius 3 is 1.98 bits per heavy atom. The molecule has 0 spiro atoms. The topological polar surface area (TPSA) is 9.23 Å². The maximum Gasteiger partial charge on any atom is 0.135 e. The molecule has 1 aliphatic rings. The van der Waals surface area contributed by atoms with E-state index in [1.807, 2.05) is 54.6 Å². The highest BCUT2D eigenvalue weighted by atomic mass is 16.5. The van der Waals surface area contributed by atoms with Gasteiger partial charge in [0.25, 0.3) is 0 Å². The lowest BCUT2D eigenvalue weighted by molar-refractivity contribution is 0.487. The molecule has 0 aliphatic carbocycles. The van der Waals surface area contributed by atoms with Gasteiger partial charge in [-0.2, -0.15) is 0 Å². The summed E-state index contributed by atoms with van der Waals surface area (Å²) in [4.78, 5) is 0.